The van der Waals surface area contributed by atoms with Gasteiger partial charge in [0.25, 0.3) is 0 Å². The SMILES string of the molecule is CC(O)(Cc1c(F)ccc(Br)c1F)c1ccc(Cl)cc1. The van der Waals surface area contributed by atoms with Gasteiger partial charge in [0, 0.05) is 17.0 Å². The second kappa shape index (κ2) is 5.80. The quantitative estimate of drug-likeness (QED) is 0.776. The number of hydrogen-bond donors (Lipinski definition) is 1. The molecule has 0 radical (unpaired) electrons. The lowest BCUT2D eigenvalue weighted by Crippen LogP contribution is -2.25. The van der Waals surface area contributed by atoms with E-state index in [1.165, 1.54) is 19.1 Å². The van der Waals surface area contributed by atoms with Crippen molar-refractivity contribution in [2.75, 3.05) is 0 Å². The predicted octanol–water partition coefficient (Wildman–Crippen LogP) is 4.83. The first-order chi connectivity index (χ1) is 9.31. The van der Waals surface area contributed by atoms with Gasteiger partial charge in [-0.3, -0.25) is 0 Å². The summed E-state index contributed by atoms with van der Waals surface area (Å²) in [5.41, 5.74) is -1.01. The second-order valence-electron chi connectivity index (χ2n) is 4.78. The summed E-state index contributed by atoms with van der Waals surface area (Å²) in [6, 6.07) is 8.98. The van der Waals surface area contributed by atoms with Crippen LogP contribution < -0.4 is 0 Å². The highest BCUT2D eigenvalue weighted by molar-refractivity contribution is 9.10. The molecule has 0 saturated heterocycles. The van der Waals surface area contributed by atoms with Gasteiger partial charge in [-0.25, -0.2) is 8.78 Å². The van der Waals surface area contributed by atoms with Gasteiger partial charge in [0.2, 0.25) is 0 Å². The van der Waals surface area contributed by atoms with Crippen molar-refractivity contribution in [1.82, 2.24) is 0 Å². The highest BCUT2D eigenvalue weighted by Gasteiger charge is 2.27. The van der Waals surface area contributed by atoms with Crippen molar-refractivity contribution in [3.05, 3.63) is 68.7 Å². The normalized spacial score (nSPS) is 14.1. The molecule has 1 atom stereocenters. The third kappa shape index (κ3) is 3.19. The van der Waals surface area contributed by atoms with E-state index in [1.54, 1.807) is 24.3 Å². The number of hydrogen-bond acceptors (Lipinski definition) is 1. The van der Waals surface area contributed by atoms with Crippen LogP contribution in [0.25, 0.3) is 0 Å². The first kappa shape index (κ1) is 15.4. The lowest BCUT2D eigenvalue weighted by molar-refractivity contribution is 0.0556. The highest BCUT2D eigenvalue weighted by atomic mass is 79.9. The Kier molecular flexibility index (Phi) is 4.47. The van der Waals surface area contributed by atoms with E-state index in [1.807, 2.05) is 0 Å². The van der Waals surface area contributed by atoms with Gasteiger partial charge in [-0.2, -0.15) is 0 Å². The third-order valence-electron chi connectivity index (χ3n) is 3.13. The highest BCUT2D eigenvalue weighted by Crippen LogP contribution is 2.30. The molecule has 20 heavy (non-hydrogen) atoms. The summed E-state index contributed by atoms with van der Waals surface area (Å²) in [7, 11) is 0. The van der Waals surface area contributed by atoms with Crippen LogP contribution in [0.15, 0.2) is 40.9 Å². The van der Waals surface area contributed by atoms with Crippen molar-refractivity contribution in [2.45, 2.75) is 18.9 Å². The molecule has 0 heterocycles. The van der Waals surface area contributed by atoms with Crippen molar-refractivity contribution in [2.24, 2.45) is 0 Å². The molecule has 2 aromatic rings. The number of benzene rings is 2. The largest absolute Gasteiger partial charge is 0.385 e. The Labute approximate surface area is 129 Å². The molecule has 0 bridgehead atoms. The number of aliphatic hydroxyl groups is 1. The van der Waals surface area contributed by atoms with Crippen LogP contribution in [0.2, 0.25) is 5.02 Å². The van der Waals surface area contributed by atoms with Gasteiger partial charge in [0.15, 0.2) is 0 Å². The van der Waals surface area contributed by atoms with Gasteiger partial charge >= 0.3 is 0 Å². The van der Waals surface area contributed by atoms with E-state index in [0.717, 1.165) is 0 Å². The van der Waals surface area contributed by atoms with Crippen molar-refractivity contribution in [3.63, 3.8) is 0 Å². The average molecular weight is 362 g/mol. The second-order valence-corrected chi connectivity index (χ2v) is 6.07. The van der Waals surface area contributed by atoms with Crippen LogP contribution in [-0.2, 0) is 12.0 Å². The number of rotatable bonds is 3. The van der Waals surface area contributed by atoms with Crippen molar-refractivity contribution in [3.8, 4) is 0 Å². The van der Waals surface area contributed by atoms with Gasteiger partial charge in [0.1, 0.15) is 11.6 Å². The fraction of sp³-hybridized carbons (Fsp3) is 0.200. The molecule has 0 aromatic heterocycles. The maximum atomic E-state index is 14.0. The van der Waals surface area contributed by atoms with E-state index in [0.29, 0.717) is 10.6 Å². The summed E-state index contributed by atoms with van der Waals surface area (Å²) < 4.78 is 27.9. The Balaban J connectivity index is 2.38. The van der Waals surface area contributed by atoms with E-state index in [9.17, 15) is 13.9 Å². The lowest BCUT2D eigenvalue weighted by atomic mass is 9.89. The van der Waals surface area contributed by atoms with E-state index >= 15 is 0 Å². The van der Waals surface area contributed by atoms with E-state index in [2.05, 4.69) is 15.9 Å². The zero-order valence-corrected chi connectivity index (χ0v) is 13.0. The molecule has 5 heteroatoms. The maximum absolute atomic E-state index is 14.0. The van der Waals surface area contributed by atoms with E-state index in [4.69, 9.17) is 11.6 Å². The van der Waals surface area contributed by atoms with Crippen LogP contribution in [0, 0.1) is 11.6 Å². The zero-order valence-electron chi connectivity index (χ0n) is 10.6. The van der Waals surface area contributed by atoms with Gasteiger partial charge in [0.05, 0.1) is 10.1 Å². The van der Waals surface area contributed by atoms with Gasteiger partial charge in [-0.05, 0) is 52.7 Å². The van der Waals surface area contributed by atoms with Crippen molar-refractivity contribution >= 4 is 27.5 Å². The van der Waals surface area contributed by atoms with Crippen LogP contribution in [-0.4, -0.2) is 5.11 Å². The van der Waals surface area contributed by atoms with Gasteiger partial charge in [-0.15, -0.1) is 0 Å². The monoisotopic (exact) mass is 360 g/mol. The Hall–Kier alpha value is -0.970. The summed E-state index contributed by atoms with van der Waals surface area (Å²) >= 11 is 8.80. The molecule has 0 spiro atoms. The zero-order chi connectivity index (χ0) is 14.9. The van der Waals surface area contributed by atoms with Crippen LogP contribution in [0.1, 0.15) is 18.1 Å². The Morgan fingerprint density at radius 1 is 1.15 bits per heavy atom. The van der Waals surface area contributed by atoms with Crippen LogP contribution in [0.3, 0.4) is 0 Å². The summed E-state index contributed by atoms with van der Waals surface area (Å²) in [6.45, 7) is 1.51. The smallest absolute Gasteiger partial charge is 0.143 e. The van der Waals surface area contributed by atoms with E-state index < -0.39 is 17.2 Å². The molecule has 0 amide bonds. The van der Waals surface area contributed by atoms with Crippen molar-refractivity contribution < 1.29 is 13.9 Å². The molecular formula is C15H12BrClF2O. The molecule has 0 aliphatic rings. The molecule has 1 N–H and O–H groups in total. The van der Waals surface area contributed by atoms with Gasteiger partial charge < -0.3 is 5.11 Å². The summed E-state index contributed by atoms with van der Waals surface area (Å²) in [4.78, 5) is 0. The third-order valence-corrected chi connectivity index (χ3v) is 3.99. The standard InChI is InChI=1S/C15H12BrClF2O/c1-15(20,9-2-4-10(17)5-3-9)8-11-13(18)7-6-12(16)14(11)19/h2-7,20H,8H2,1H3. The van der Waals surface area contributed by atoms with E-state index in [-0.39, 0.29) is 16.5 Å². The van der Waals surface area contributed by atoms with Gasteiger partial charge in [-0.1, -0.05) is 23.7 Å². The molecule has 1 nitrogen and oxygen atoms in total. The summed E-state index contributed by atoms with van der Waals surface area (Å²) in [6.07, 6.45) is -0.175. The predicted molar refractivity (Wildman–Crippen MR) is 78.8 cm³/mol. The summed E-state index contributed by atoms with van der Waals surface area (Å²) in [5.74, 6) is -1.38. The van der Waals surface area contributed by atoms with Crippen molar-refractivity contribution in [1.29, 1.82) is 0 Å². The van der Waals surface area contributed by atoms with Crippen LogP contribution in [0.4, 0.5) is 8.78 Å². The summed E-state index contributed by atoms with van der Waals surface area (Å²) in [5, 5.41) is 11.0. The Morgan fingerprint density at radius 2 is 1.75 bits per heavy atom. The molecule has 2 aromatic carbocycles. The minimum absolute atomic E-state index is 0.153. The minimum Gasteiger partial charge on any atom is -0.385 e. The number of halogens is 4. The fourth-order valence-electron chi connectivity index (χ4n) is 1.99. The molecular weight excluding hydrogens is 350 g/mol. The molecule has 0 saturated carbocycles. The molecule has 0 fully saturated rings. The van der Waals surface area contributed by atoms with Crippen LogP contribution >= 0.6 is 27.5 Å². The first-order valence-electron chi connectivity index (χ1n) is 5.92. The minimum atomic E-state index is -1.40. The average Bonchev–Trinajstić information content (AvgIpc) is 2.40. The molecule has 0 aliphatic carbocycles. The first-order valence-corrected chi connectivity index (χ1v) is 7.09. The topological polar surface area (TPSA) is 20.2 Å². The van der Waals surface area contributed by atoms with Crippen LogP contribution in [0.5, 0.6) is 0 Å². The molecule has 0 aliphatic heterocycles. The Morgan fingerprint density at radius 3 is 2.35 bits per heavy atom. The molecule has 106 valence electrons. The fourth-order valence-corrected chi connectivity index (χ4v) is 2.48. The lowest BCUT2D eigenvalue weighted by Gasteiger charge is -2.24. The Bertz CT molecular complexity index is 627. The molecule has 1 unspecified atom stereocenters. The maximum Gasteiger partial charge on any atom is 0.143 e. The molecule has 2 rings (SSSR count).